The lowest BCUT2D eigenvalue weighted by molar-refractivity contribution is 0.332. The van der Waals surface area contributed by atoms with Gasteiger partial charge in [-0.15, -0.1) is 0 Å². The molecule has 0 amide bonds. The van der Waals surface area contributed by atoms with E-state index < -0.39 is 0 Å². The van der Waals surface area contributed by atoms with Crippen LogP contribution in [0.25, 0.3) is 0 Å². The van der Waals surface area contributed by atoms with E-state index in [1.54, 1.807) is 0 Å². The first-order chi connectivity index (χ1) is 8.61. The molecule has 1 aromatic rings. The van der Waals surface area contributed by atoms with Crippen molar-refractivity contribution in [3.8, 4) is 0 Å². The van der Waals surface area contributed by atoms with Crippen molar-refractivity contribution in [1.82, 2.24) is 9.78 Å². The molecule has 0 aliphatic carbocycles. The van der Waals surface area contributed by atoms with E-state index in [2.05, 4.69) is 36.6 Å². The number of aryl methyl sites for hydroxylation is 2. The Hall–Kier alpha value is -0.790. The molecule has 2 nitrogen and oxygen atoms in total. The fourth-order valence-electron chi connectivity index (χ4n) is 2.31. The van der Waals surface area contributed by atoms with Crippen LogP contribution in [0.4, 0.5) is 0 Å². The number of aromatic nitrogens is 2. The lowest BCUT2D eigenvalue weighted by atomic mass is 9.84. The minimum Gasteiger partial charge on any atom is -0.269 e. The highest BCUT2D eigenvalue weighted by Crippen LogP contribution is 2.30. The van der Waals surface area contributed by atoms with E-state index in [0.717, 1.165) is 13.0 Å². The molecule has 0 N–H and O–H groups in total. The molecular weight excluding hydrogens is 220 g/mol. The Bertz CT molecular complexity index is 324. The van der Waals surface area contributed by atoms with E-state index in [0.29, 0.717) is 5.41 Å². The number of nitrogens with zero attached hydrogens (tertiary/aromatic N) is 2. The molecule has 18 heavy (non-hydrogen) atoms. The van der Waals surface area contributed by atoms with Crippen LogP contribution in [0.3, 0.4) is 0 Å². The van der Waals surface area contributed by atoms with Gasteiger partial charge in [0.15, 0.2) is 0 Å². The van der Waals surface area contributed by atoms with Crippen LogP contribution in [-0.4, -0.2) is 9.78 Å². The highest BCUT2D eigenvalue weighted by atomic mass is 15.3. The fourth-order valence-corrected chi connectivity index (χ4v) is 2.31. The van der Waals surface area contributed by atoms with Crippen LogP contribution in [0, 0.1) is 5.41 Å². The van der Waals surface area contributed by atoms with Gasteiger partial charge in [0, 0.05) is 12.2 Å². The standard InChI is InChI=1S/C12H20N2.2C2H6/c1-4-10-8-11-9-12(2,3)6-5-7-14(11)13-10;2*1-2/h8H,4-7,9H2,1-3H3;2*1-2H3. The molecule has 2 heteroatoms. The Morgan fingerprint density at radius 3 is 2.39 bits per heavy atom. The zero-order valence-corrected chi connectivity index (χ0v) is 13.5. The SMILES string of the molecule is CC.CC.CCc1cc2n(n1)CCCC(C)(C)C2. The van der Waals surface area contributed by atoms with Gasteiger partial charge in [0.2, 0.25) is 0 Å². The fraction of sp³-hybridized carbons (Fsp3) is 0.812. The summed E-state index contributed by atoms with van der Waals surface area (Å²) in [6.07, 6.45) is 4.82. The van der Waals surface area contributed by atoms with Crippen molar-refractivity contribution in [3.63, 3.8) is 0 Å². The summed E-state index contributed by atoms with van der Waals surface area (Å²) in [5, 5.41) is 4.61. The summed E-state index contributed by atoms with van der Waals surface area (Å²) in [5.41, 5.74) is 3.14. The Kier molecular flexibility index (Phi) is 7.97. The van der Waals surface area contributed by atoms with Gasteiger partial charge < -0.3 is 0 Å². The molecule has 0 spiro atoms. The van der Waals surface area contributed by atoms with Gasteiger partial charge >= 0.3 is 0 Å². The predicted octanol–water partition coefficient (Wildman–Crippen LogP) is 4.86. The molecule has 1 aromatic heterocycles. The maximum Gasteiger partial charge on any atom is 0.0624 e. The molecule has 1 aliphatic heterocycles. The quantitative estimate of drug-likeness (QED) is 0.698. The van der Waals surface area contributed by atoms with Gasteiger partial charge in [-0.2, -0.15) is 5.10 Å². The summed E-state index contributed by atoms with van der Waals surface area (Å²) in [6, 6.07) is 2.28. The van der Waals surface area contributed by atoms with Crippen LogP contribution < -0.4 is 0 Å². The molecule has 0 saturated carbocycles. The van der Waals surface area contributed by atoms with Crippen LogP contribution in [0.2, 0.25) is 0 Å². The van der Waals surface area contributed by atoms with Gasteiger partial charge in [-0.1, -0.05) is 48.5 Å². The van der Waals surface area contributed by atoms with Crippen LogP contribution in [-0.2, 0) is 19.4 Å². The van der Waals surface area contributed by atoms with Gasteiger partial charge in [0.25, 0.3) is 0 Å². The molecule has 0 saturated heterocycles. The third kappa shape index (κ3) is 4.83. The molecular formula is C16H32N2. The van der Waals surface area contributed by atoms with E-state index in [1.807, 2.05) is 27.7 Å². The third-order valence-corrected chi connectivity index (χ3v) is 3.16. The Labute approximate surface area is 114 Å². The normalized spacial score (nSPS) is 16.4. The first kappa shape index (κ1) is 17.2. The lowest BCUT2D eigenvalue weighted by Crippen LogP contribution is -2.13. The molecule has 2 rings (SSSR count). The van der Waals surface area contributed by atoms with E-state index in [4.69, 9.17) is 0 Å². The van der Waals surface area contributed by atoms with Gasteiger partial charge in [-0.3, -0.25) is 4.68 Å². The van der Waals surface area contributed by atoms with E-state index >= 15 is 0 Å². The van der Waals surface area contributed by atoms with Gasteiger partial charge in [0.05, 0.1) is 5.69 Å². The second-order valence-electron chi connectivity index (χ2n) is 5.15. The second-order valence-corrected chi connectivity index (χ2v) is 5.15. The molecule has 2 heterocycles. The highest BCUT2D eigenvalue weighted by Gasteiger charge is 2.24. The molecule has 0 atom stereocenters. The van der Waals surface area contributed by atoms with Crippen LogP contribution in [0.1, 0.15) is 72.7 Å². The average molecular weight is 252 g/mol. The van der Waals surface area contributed by atoms with Gasteiger partial charge in [-0.05, 0) is 37.2 Å². The molecule has 0 unspecified atom stereocenters. The van der Waals surface area contributed by atoms with Crippen molar-refractivity contribution in [1.29, 1.82) is 0 Å². The largest absolute Gasteiger partial charge is 0.269 e. The zero-order chi connectivity index (χ0) is 14.2. The van der Waals surface area contributed by atoms with Crippen molar-refractivity contribution in [2.45, 2.75) is 80.7 Å². The van der Waals surface area contributed by atoms with E-state index in [1.165, 1.54) is 30.7 Å². The second kappa shape index (κ2) is 8.34. The van der Waals surface area contributed by atoms with Crippen molar-refractivity contribution < 1.29 is 0 Å². The molecule has 0 aromatic carbocycles. The van der Waals surface area contributed by atoms with Crippen LogP contribution >= 0.6 is 0 Å². The summed E-state index contributed by atoms with van der Waals surface area (Å²) in [4.78, 5) is 0. The van der Waals surface area contributed by atoms with Crippen LogP contribution in [0.15, 0.2) is 6.07 Å². The van der Waals surface area contributed by atoms with Crippen LogP contribution in [0.5, 0.6) is 0 Å². The maximum atomic E-state index is 4.61. The highest BCUT2D eigenvalue weighted by molar-refractivity contribution is 5.13. The molecule has 106 valence electrons. The van der Waals surface area contributed by atoms with Crippen molar-refractivity contribution in [2.24, 2.45) is 5.41 Å². The maximum absolute atomic E-state index is 4.61. The minimum absolute atomic E-state index is 0.458. The molecule has 1 aliphatic rings. The van der Waals surface area contributed by atoms with Crippen molar-refractivity contribution in [2.75, 3.05) is 0 Å². The Balaban J connectivity index is 0.000000659. The topological polar surface area (TPSA) is 17.8 Å². The number of hydrogen-bond donors (Lipinski definition) is 0. The zero-order valence-electron chi connectivity index (χ0n) is 13.5. The number of fused-ring (bicyclic) bond motifs is 1. The third-order valence-electron chi connectivity index (χ3n) is 3.16. The first-order valence-electron chi connectivity index (χ1n) is 7.66. The number of rotatable bonds is 1. The first-order valence-corrected chi connectivity index (χ1v) is 7.66. The summed E-state index contributed by atoms with van der Waals surface area (Å²) < 4.78 is 2.22. The monoisotopic (exact) mass is 252 g/mol. The molecule has 0 bridgehead atoms. The lowest BCUT2D eigenvalue weighted by Gasteiger charge is -2.20. The summed E-state index contributed by atoms with van der Waals surface area (Å²) in [6.45, 7) is 16.0. The minimum atomic E-state index is 0.458. The van der Waals surface area contributed by atoms with E-state index in [9.17, 15) is 0 Å². The van der Waals surface area contributed by atoms with Gasteiger partial charge in [-0.25, -0.2) is 0 Å². The summed E-state index contributed by atoms with van der Waals surface area (Å²) >= 11 is 0. The summed E-state index contributed by atoms with van der Waals surface area (Å²) in [7, 11) is 0. The summed E-state index contributed by atoms with van der Waals surface area (Å²) in [5.74, 6) is 0. The molecule has 0 radical (unpaired) electrons. The Morgan fingerprint density at radius 2 is 1.83 bits per heavy atom. The molecule has 0 fully saturated rings. The average Bonchev–Trinajstić information content (AvgIpc) is 2.69. The van der Waals surface area contributed by atoms with E-state index in [-0.39, 0.29) is 0 Å². The predicted molar refractivity (Wildman–Crippen MR) is 81.0 cm³/mol. The van der Waals surface area contributed by atoms with Crippen molar-refractivity contribution in [3.05, 3.63) is 17.5 Å². The van der Waals surface area contributed by atoms with Gasteiger partial charge in [0.1, 0.15) is 0 Å². The smallest absolute Gasteiger partial charge is 0.0624 e. The Morgan fingerprint density at radius 1 is 1.22 bits per heavy atom. The van der Waals surface area contributed by atoms with Crippen molar-refractivity contribution >= 4 is 0 Å². The number of hydrogen-bond acceptors (Lipinski definition) is 1.